The van der Waals surface area contributed by atoms with E-state index in [1.165, 1.54) is 28.8 Å². The summed E-state index contributed by atoms with van der Waals surface area (Å²) in [4.78, 5) is 35.0. The number of aliphatic imine (C=N–C) groups is 1. The highest BCUT2D eigenvalue weighted by atomic mass is 32.2. The molecule has 5 rings (SSSR count). The summed E-state index contributed by atoms with van der Waals surface area (Å²) in [6.45, 7) is 0.250. The lowest BCUT2D eigenvalue weighted by atomic mass is 10.1. The monoisotopic (exact) mass is 525 g/mol. The summed E-state index contributed by atoms with van der Waals surface area (Å²) in [5.74, 6) is -0.0598. The number of nitrogens with zero attached hydrogens (tertiary/aromatic N) is 3. The summed E-state index contributed by atoms with van der Waals surface area (Å²) in [6, 6.07) is 21.5. The standard InChI is InChI=1S/C29H23N3O5S/c1-32-27(33)26(38-29(32)31-22-10-11-23-21(16-22)4-3-13-30-23)15-19-7-12-24(25(14-19)36-2)37-17-18-5-8-20(9-6-18)28(34)35/h3-16H,17H2,1-2H3,(H,34,35)/b26-15-,31-29?. The van der Waals surface area contributed by atoms with Crippen LogP contribution in [0.25, 0.3) is 17.0 Å². The van der Waals surface area contributed by atoms with Crippen molar-refractivity contribution in [2.75, 3.05) is 14.2 Å². The van der Waals surface area contributed by atoms with Gasteiger partial charge in [-0.2, -0.15) is 0 Å². The molecule has 0 aliphatic carbocycles. The average Bonchev–Trinajstić information content (AvgIpc) is 3.19. The van der Waals surface area contributed by atoms with Crippen LogP contribution >= 0.6 is 11.8 Å². The van der Waals surface area contributed by atoms with Crippen LogP contribution in [0, 0.1) is 0 Å². The van der Waals surface area contributed by atoms with Crippen molar-refractivity contribution in [3.8, 4) is 11.5 Å². The molecule has 1 amide bonds. The van der Waals surface area contributed by atoms with Crippen molar-refractivity contribution in [3.05, 3.63) is 101 Å². The van der Waals surface area contributed by atoms with Crippen molar-refractivity contribution < 1.29 is 24.2 Å². The number of carboxylic acid groups (broad SMARTS) is 1. The van der Waals surface area contributed by atoms with E-state index in [4.69, 9.17) is 14.6 Å². The summed E-state index contributed by atoms with van der Waals surface area (Å²) in [5.41, 5.74) is 3.46. The van der Waals surface area contributed by atoms with E-state index in [2.05, 4.69) is 9.98 Å². The molecular formula is C29H23N3O5S. The Hall–Kier alpha value is -4.63. The number of likely N-dealkylation sites (N-methyl/N-ethyl adjacent to an activating group) is 1. The number of rotatable bonds is 7. The van der Waals surface area contributed by atoms with Crippen LogP contribution in [-0.2, 0) is 11.4 Å². The van der Waals surface area contributed by atoms with Crippen LogP contribution in [0.15, 0.2) is 88.9 Å². The Balaban J connectivity index is 1.32. The number of carbonyl (C=O) groups is 2. The largest absolute Gasteiger partial charge is 0.493 e. The minimum atomic E-state index is -0.974. The number of hydrogen-bond acceptors (Lipinski definition) is 7. The van der Waals surface area contributed by atoms with Gasteiger partial charge in [0.05, 0.1) is 28.8 Å². The molecular weight excluding hydrogens is 502 g/mol. The third-order valence-electron chi connectivity index (χ3n) is 5.90. The Kier molecular flexibility index (Phi) is 7.10. The van der Waals surface area contributed by atoms with Crippen LogP contribution in [0.2, 0.25) is 0 Å². The third kappa shape index (κ3) is 5.37. The average molecular weight is 526 g/mol. The number of methoxy groups -OCH3 is 1. The zero-order chi connectivity index (χ0) is 26.6. The molecule has 0 radical (unpaired) electrons. The first kappa shape index (κ1) is 25.0. The molecule has 4 aromatic rings. The van der Waals surface area contributed by atoms with Gasteiger partial charge in [-0.15, -0.1) is 0 Å². The van der Waals surface area contributed by atoms with E-state index < -0.39 is 5.97 Å². The number of aromatic carboxylic acids is 1. The molecule has 1 N–H and O–H groups in total. The Morgan fingerprint density at radius 3 is 2.66 bits per heavy atom. The van der Waals surface area contributed by atoms with Crippen molar-refractivity contribution in [1.29, 1.82) is 0 Å². The molecule has 0 bridgehead atoms. The van der Waals surface area contributed by atoms with Crippen molar-refractivity contribution in [2.45, 2.75) is 6.61 Å². The van der Waals surface area contributed by atoms with Gasteiger partial charge in [-0.3, -0.25) is 14.7 Å². The lowest BCUT2D eigenvalue weighted by Gasteiger charge is -2.12. The van der Waals surface area contributed by atoms with Gasteiger partial charge >= 0.3 is 5.97 Å². The van der Waals surface area contributed by atoms with E-state index in [1.54, 1.807) is 50.7 Å². The fraction of sp³-hybridized carbons (Fsp3) is 0.103. The maximum atomic E-state index is 12.9. The van der Waals surface area contributed by atoms with Gasteiger partial charge in [-0.25, -0.2) is 9.79 Å². The summed E-state index contributed by atoms with van der Waals surface area (Å²) >= 11 is 1.31. The summed E-state index contributed by atoms with van der Waals surface area (Å²) < 4.78 is 11.4. The van der Waals surface area contributed by atoms with Crippen LogP contribution in [0.3, 0.4) is 0 Å². The van der Waals surface area contributed by atoms with Crippen LogP contribution in [0.5, 0.6) is 11.5 Å². The van der Waals surface area contributed by atoms with Crippen molar-refractivity contribution >= 4 is 51.5 Å². The van der Waals surface area contributed by atoms with Crippen LogP contribution < -0.4 is 9.47 Å². The van der Waals surface area contributed by atoms with E-state index in [0.29, 0.717) is 21.6 Å². The molecule has 8 nitrogen and oxygen atoms in total. The Morgan fingerprint density at radius 2 is 1.89 bits per heavy atom. The molecule has 0 atom stereocenters. The number of ether oxygens (including phenoxy) is 2. The molecule has 1 aliphatic heterocycles. The Bertz CT molecular complexity index is 1600. The highest BCUT2D eigenvalue weighted by Gasteiger charge is 2.30. The second-order valence-corrected chi connectivity index (χ2v) is 9.46. The fourth-order valence-electron chi connectivity index (χ4n) is 3.84. The predicted molar refractivity (Wildman–Crippen MR) is 148 cm³/mol. The summed E-state index contributed by atoms with van der Waals surface area (Å²) in [5, 5.41) is 10.6. The number of pyridine rings is 1. The number of amidine groups is 1. The molecule has 1 aliphatic rings. The lowest BCUT2D eigenvalue weighted by Crippen LogP contribution is -2.23. The van der Waals surface area contributed by atoms with Gasteiger partial charge in [-0.05, 0) is 77.5 Å². The van der Waals surface area contributed by atoms with E-state index in [-0.39, 0.29) is 18.1 Å². The zero-order valence-electron chi connectivity index (χ0n) is 20.6. The van der Waals surface area contributed by atoms with Gasteiger partial charge < -0.3 is 14.6 Å². The van der Waals surface area contributed by atoms with Crippen LogP contribution in [0.4, 0.5) is 5.69 Å². The lowest BCUT2D eigenvalue weighted by molar-refractivity contribution is -0.121. The van der Waals surface area contributed by atoms with Gasteiger partial charge in [0.15, 0.2) is 16.7 Å². The van der Waals surface area contributed by atoms with Gasteiger partial charge in [0.25, 0.3) is 5.91 Å². The second kappa shape index (κ2) is 10.8. The SMILES string of the molecule is COc1cc(/C=C2\SC(=Nc3ccc4ncccc4c3)N(C)C2=O)ccc1OCc1ccc(C(=O)O)cc1. The summed E-state index contributed by atoms with van der Waals surface area (Å²) in [6.07, 6.45) is 3.55. The Labute approximate surface area is 223 Å². The van der Waals surface area contributed by atoms with E-state index >= 15 is 0 Å². The first-order chi connectivity index (χ1) is 18.4. The minimum absolute atomic E-state index is 0.139. The molecule has 1 fully saturated rings. The molecule has 190 valence electrons. The molecule has 3 aromatic carbocycles. The maximum absolute atomic E-state index is 12.9. The molecule has 2 heterocycles. The van der Waals surface area contributed by atoms with Gasteiger partial charge in [0, 0.05) is 18.6 Å². The summed E-state index contributed by atoms with van der Waals surface area (Å²) in [7, 11) is 3.26. The first-order valence-electron chi connectivity index (χ1n) is 11.7. The number of amides is 1. The van der Waals surface area contributed by atoms with Crippen molar-refractivity contribution in [2.24, 2.45) is 4.99 Å². The van der Waals surface area contributed by atoms with Gasteiger partial charge in [-0.1, -0.05) is 24.3 Å². The quantitative estimate of drug-likeness (QED) is 0.306. The molecule has 9 heteroatoms. The van der Waals surface area contributed by atoms with Crippen LogP contribution in [-0.4, -0.2) is 46.2 Å². The molecule has 38 heavy (non-hydrogen) atoms. The van der Waals surface area contributed by atoms with Crippen molar-refractivity contribution in [3.63, 3.8) is 0 Å². The second-order valence-electron chi connectivity index (χ2n) is 8.45. The number of thioether (sulfide) groups is 1. The Morgan fingerprint density at radius 1 is 1.08 bits per heavy atom. The number of hydrogen-bond donors (Lipinski definition) is 1. The topological polar surface area (TPSA) is 101 Å². The fourth-order valence-corrected chi connectivity index (χ4v) is 4.83. The van der Waals surface area contributed by atoms with Gasteiger partial charge in [0.1, 0.15) is 6.61 Å². The zero-order valence-corrected chi connectivity index (χ0v) is 21.4. The number of carbonyl (C=O) groups excluding carboxylic acids is 1. The molecule has 0 spiro atoms. The number of fused-ring (bicyclic) bond motifs is 1. The van der Waals surface area contributed by atoms with E-state index in [0.717, 1.165) is 27.7 Å². The predicted octanol–water partition coefficient (Wildman–Crippen LogP) is 5.75. The highest BCUT2D eigenvalue weighted by Crippen LogP contribution is 2.35. The molecule has 1 saturated heterocycles. The molecule has 1 aromatic heterocycles. The molecule has 0 saturated carbocycles. The first-order valence-corrected chi connectivity index (χ1v) is 12.5. The normalized spacial score (nSPS) is 15.4. The van der Waals surface area contributed by atoms with Crippen molar-refractivity contribution in [1.82, 2.24) is 9.88 Å². The number of carboxylic acids is 1. The number of aromatic nitrogens is 1. The highest BCUT2D eigenvalue weighted by molar-refractivity contribution is 8.18. The maximum Gasteiger partial charge on any atom is 0.335 e. The van der Waals surface area contributed by atoms with E-state index in [1.807, 2.05) is 36.4 Å². The number of benzene rings is 3. The minimum Gasteiger partial charge on any atom is -0.493 e. The van der Waals surface area contributed by atoms with E-state index in [9.17, 15) is 9.59 Å². The van der Waals surface area contributed by atoms with Crippen LogP contribution in [0.1, 0.15) is 21.5 Å². The molecule has 0 unspecified atom stereocenters. The third-order valence-corrected chi connectivity index (χ3v) is 6.96. The van der Waals surface area contributed by atoms with Gasteiger partial charge in [0.2, 0.25) is 0 Å². The smallest absolute Gasteiger partial charge is 0.335 e.